The molecule has 0 saturated carbocycles. The number of pyridine rings is 1. The van der Waals surface area contributed by atoms with Gasteiger partial charge in [-0.05, 0) is 51.3 Å². The third kappa shape index (κ3) is 3.59. The van der Waals surface area contributed by atoms with Gasteiger partial charge in [-0.3, -0.25) is 0 Å². The number of hydrogen-bond donors (Lipinski definition) is 0. The fraction of sp³-hybridized carbons (Fsp3) is 0.400. The fourth-order valence-corrected chi connectivity index (χ4v) is 3.44. The molecule has 126 valence electrons. The molecule has 0 atom stereocenters. The zero-order valence-electron chi connectivity index (χ0n) is 15.2. The summed E-state index contributed by atoms with van der Waals surface area (Å²) < 4.78 is 6.21. The Morgan fingerprint density at radius 3 is 2.46 bits per heavy atom. The summed E-state index contributed by atoms with van der Waals surface area (Å²) in [7, 11) is 0. The van der Waals surface area contributed by atoms with Crippen molar-refractivity contribution in [3.63, 3.8) is 0 Å². The van der Waals surface area contributed by atoms with Gasteiger partial charge in [0, 0.05) is 16.8 Å². The SMILES string of the molecule is Cc1ccc2c(OC(C)(C)C)cc(-c3nc(C(C)C)cs3)nc2c1. The lowest BCUT2D eigenvalue weighted by Crippen LogP contribution is -2.23. The molecule has 0 bridgehead atoms. The maximum Gasteiger partial charge on any atom is 0.142 e. The lowest BCUT2D eigenvalue weighted by molar-refractivity contribution is 0.133. The highest BCUT2D eigenvalue weighted by molar-refractivity contribution is 7.13. The minimum atomic E-state index is -0.261. The number of rotatable bonds is 3. The molecular weight excluding hydrogens is 316 g/mol. The smallest absolute Gasteiger partial charge is 0.142 e. The predicted octanol–water partition coefficient (Wildman–Crippen LogP) is 5.97. The number of benzene rings is 1. The van der Waals surface area contributed by atoms with Gasteiger partial charge in [0.15, 0.2) is 0 Å². The third-order valence-electron chi connectivity index (χ3n) is 3.68. The van der Waals surface area contributed by atoms with Gasteiger partial charge < -0.3 is 4.74 Å². The monoisotopic (exact) mass is 340 g/mol. The van der Waals surface area contributed by atoms with Crippen LogP contribution in [0.5, 0.6) is 5.75 Å². The van der Waals surface area contributed by atoms with Crippen molar-refractivity contribution in [2.45, 2.75) is 53.1 Å². The first-order valence-electron chi connectivity index (χ1n) is 8.29. The molecule has 0 saturated heterocycles. The Labute approximate surface area is 147 Å². The molecule has 0 aliphatic carbocycles. The van der Waals surface area contributed by atoms with Gasteiger partial charge in [-0.15, -0.1) is 11.3 Å². The summed E-state index contributed by atoms with van der Waals surface area (Å²) >= 11 is 1.64. The van der Waals surface area contributed by atoms with Gasteiger partial charge in [0.25, 0.3) is 0 Å². The Kier molecular flexibility index (Phi) is 4.35. The van der Waals surface area contributed by atoms with Gasteiger partial charge in [-0.25, -0.2) is 9.97 Å². The summed E-state index contributed by atoms with van der Waals surface area (Å²) in [6.45, 7) is 12.6. The molecule has 0 amide bonds. The molecule has 0 fully saturated rings. The van der Waals surface area contributed by atoms with E-state index in [0.717, 1.165) is 33.0 Å². The number of hydrogen-bond acceptors (Lipinski definition) is 4. The Morgan fingerprint density at radius 1 is 1.08 bits per heavy atom. The molecule has 2 aromatic heterocycles. The summed E-state index contributed by atoms with van der Waals surface area (Å²) in [5.74, 6) is 1.28. The molecule has 24 heavy (non-hydrogen) atoms. The minimum absolute atomic E-state index is 0.261. The highest BCUT2D eigenvalue weighted by atomic mass is 32.1. The van der Waals surface area contributed by atoms with Gasteiger partial charge in [0.1, 0.15) is 22.1 Å². The Hall–Kier alpha value is -1.94. The van der Waals surface area contributed by atoms with E-state index in [9.17, 15) is 0 Å². The van der Waals surface area contributed by atoms with Crippen molar-refractivity contribution < 1.29 is 4.74 Å². The first kappa shape index (κ1) is 16.9. The van der Waals surface area contributed by atoms with Crippen LogP contribution in [0.2, 0.25) is 0 Å². The molecule has 0 N–H and O–H groups in total. The molecule has 0 spiro atoms. The second kappa shape index (κ2) is 6.17. The van der Waals surface area contributed by atoms with Crippen LogP contribution in [0, 0.1) is 6.92 Å². The maximum absolute atomic E-state index is 6.21. The van der Waals surface area contributed by atoms with Crippen molar-refractivity contribution in [3.8, 4) is 16.5 Å². The van der Waals surface area contributed by atoms with Crippen LogP contribution in [0.25, 0.3) is 21.6 Å². The first-order valence-corrected chi connectivity index (χ1v) is 9.17. The molecule has 3 nitrogen and oxygen atoms in total. The van der Waals surface area contributed by atoms with E-state index in [2.05, 4.69) is 65.1 Å². The average Bonchev–Trinajstić information content (AvgIpc) is 2.94. The van der Waals surface area contributed by atoms with Crippen molar-refractivity contribution in [1.82, 2.24) is 9.97 Å². The second-order valence-electron chi connectivity index (χ2n) is 7.47. The lowest BCUT2D eigenvalue weighted by atomic mass is 10.1. The van der Waals surface area contributed by atoms with Crippen LogP contribution in [0.4, 0.5) is 0 Å². The van der Waals surface area contributed by atoms with Gasteiger partial charge in [-0.1, -0.05) is 19.9 Å². The van der Waals surface area contributed by atoms with Crippen LogP contribution in [0.1, 0.15) is 51.8 Å². The molecule has 4 heteroatoms. The van der Waals surface area contributed by atoms with E-state index >= 15 is 0 Å². The molecule has 1 aromatic carbocycles. The van der Waals surface area contributed by atoms with Crippen LogP contribution in [0.3, 0.4) is 0 Å². The molecule has 2 heterocycles. The quantitative estimate of drug-likeness (QED) is 0.589. The number of nitrogens with zero attached hydrogens (tertiary/aromatic N) is 2. The van der Waals surface area contributed by atoms with Crippen molar-refractivity contribution in [1.29, 1.82) is 0 Å². The third-order valence-corrected chi connectivity index (χ3v) is 4.56. The summed E-state index contributed by atoms with van der Waals surface area (Å²) in [5, 5.41) is 4.10. The van der Waals surface area contributed by atoms with Crippen LogP contribution in [-0.2, 0) is 0 Å². The van der Waals surface area contributed by atoms with Crippen molar-refractivity contribution in [3.05, 3.63) is 40.9 Å². The van der Waals surface area contributed by atoms with E-state index in [-0.39, 0.29) is 5.60 Å². The molecule has 3 aromatic rings. The highest BCUT2D eigenvalue weighted by Gasteiger charge is 2.17. The van der Waals surface area contributed by atoms with Crippen molar-refractivity contribution >= 4 is 22.2 Å². The zero-order chi connectivity index (χ0) is 17.5. The number of aryl methyl sites for hydroxylation is 1. The standard InChI is InChI=1S/C20H24N2OS/c1-12(2)17-11-24-19(22-17)16-10-18(23-20(4,5)6)14-8-7-13(3)9-15(14)21-16/h7-12H,1-6H3. The van der Waals surface area contributed by atoms with E-state index in [1.165, 1.54) is 5.56 Å². The topological polar surface area (TPSA) is 35.0 Å². The number of fused-ring (bicyclic) bond motifs is 1. The van der Waals surface area contributed by atoms with Crippen LogP contribution >= 0.6 is 11.3 Å². The minimum Gasteiger partial charge on any atom is -0.487 e. The lowest BCUT2D eigenvalue weighted by Gasteiger charge is -2.22. The number of thiazole rings is 1. The fourth-order valence-electron chi connectivity index (χ4n) is 2.50. The number of ether oxygens (including phenoxy) is 1. The maximum atomic E-state index is 6.21. The Bertz CT molecular complexity index is 875. The molecule has 0 aliphatic rings. The molecule has 0 aliphatic heterocycles. The predicted molar refractivity (Wildman–Crippen MR) is 102 cm³/mol. The second-order valence-corrected chi connectivity index (χ2v) is 8.33. The van der Waals surface area contributed by atoms with Crippen molar-refractivity contribution in [2.24, 2.45) is 0 Å². The van der Waals surface area contributed by atoms with E-state index in [1.807, 2.05) is 6.07 Å². The van der Waals surface area contributed by atoms with Gasteiger partial charge in [-0.2, -0.15) is 0 Å². The van der Waals surface area contributed by atoms with E-state index in [1.54, 1.807) is 11.3 Å². The summed E-state index contributed by atoms with van der Waals surface area (Å²) in [6.07, 6.45) is 0. The molecule has 3 rings (SSSR count). The van der Waals surface area contributed by atoms with E-state index in [4.69, 9.17) is 14.7 Å². The molecular formula is C20H24N2OS. The normalized spacial score (nSPS) is 12.1. The van der Waals surface area contributed by atoms with Gasteiger partial charge >= 0.3 is 0 Å². The van der Waals surface area contributed by atoms with E-state index in [0.29, 0.717) is 5.92 Å². The highest BCUT2D eigenvalue weighted by Crippen LogP contribution is 2.34. The van der Waals surface area contributed by atoms with Crippen LogP contribution in [0.15, 0.2) is 29.6 Å². The Morgan fingerprint density at radius 2 is 1.83 bits per heavy atom. The van der Waals surface area contributed by atoms with Crippen molar-refractivity contribution in [2.75, 3.05) is 0 Å². The van der Waals surface area contributed by atoms with Crippen LogP contribution in [-0.4, -0.2) is 15.6 Å². The van der Waals surface area contributed by atoms with Gasteiger partial charge in [0.05, 0.1) is 11.2 Å². The van der Waals surface area contributed by atoms with Crippen LogP contribution < -0.4 is 4.74 Å². The average molecular weight is 340 g/mol. The van der Waals surface area contributed by atoms with E-state index < -0.39 is 0 Å². The summed E-state index contributed by atoms with van der Waals surface area (Å²) in [4.78, 5) is 9.58. The largest absolute Gasteiger partial charge is 0.487 e. The van der Waals surface area contributed by atoms with Gasteiger partial charge in [0.2, 0.25) is 0 Å². The summed E-state index contributed by atoms with van der Waals surface area (Å²) in [6, 6.07) is 8.31. The molecule has 0 radical (unpaired) electrons. The zero-order valence-corrected chi connectivity index (χ0v) is 16.0. The first-order chi connectivity index (χ1) is 11.2. The number of aromatic nitrogens is 2. The Balaban J connectivity index is 2.17. The molecule has 0 unspecified atom stereocenters. The summed E-state index contributed by atoms with van der Waals surface area (Å²) in [5.41, 5.74) is 3.87.